The van der Waals surface area contributed by atoms with Gasteiger partial charge >= 0.3 is 6.18 Å². The summed E-state index contributed by atoms with van der Waals surface area (Å²) in [5.74, 6) is -0.793. The number of alkyl halides is 3. The van der Waals surface area contributed by atoms with Crippen LogP contribution in [0, 0.1) is 0 Å². The van der Waals surface area contributed by atoms with Crippen molar-refractivity contribution in [1.82, 2.24) is 25.1 Å². The maximum atomic E-state index is 13.3. The van der Waals surface area contributed by atoms with Crippen molar-refractivity contribution in [2.75, 3.05) is 7.05 Å². The van der Waals surface area contributed by atoms with Gasteiger partial charge in [-0.25, -0.2) is 9.67 Å². The van der Waals surface area contributed by atoms with Crippen LogP contribution in [0.1, 0.15) is 16.2 Å². The molecule has 3 rings (SSSR count). The molecule has 120 valence electrons. The first-order valence-electron chi connectivity index (χ1n) is 6.38. The summed E-state index contributed by atoms with van der Waals surface area (Å²) in [6.07, 6.45) is -3.49. The fourth-order valence-corrected chi connectivity index (χ4v) is 2.71. The second kappa shape index (κ2) is 5.54. The molecule has 6 nitrogen and oxygen atoms in total. The average Bonchev–Trinajstić information content (AvgIpc) is 3.21. The number of aromatic nitrogens is 4. The van der Waals surface area contributed by atoms with E-state index in [1.165, 1.54) is 18.4 Å². The van der Waals surface area contributed by atoms with Crippen molar-refractivity contribution < 1.29 is 18.0 Å². The van der Waals surface area contributed by atoms with Gasteiger partial charge in [-0.1, -0.05) is 6.07 Å². The molecular weight excluding hydrogens is 331 g/mol. The monoisotopic (exact) mass is 341 g/mol. The third-order valence-corrected chi connectivity index (χ3v) is 3.94. The van der Waals surface area contributed by atoms with Gasteiger partial charge in [0.2, 0.25) is 0 Å². The number of carbonyl (C=O) groups is 1. The van der Waals surface area contributed by atoms with E-state index in [4.69, 9.17) is 0 Å². The van der Waals surface area contributed by atoms with Crippen molar-refractivity contribution in [2.45, 2.75) is 6.18 Å². The van der Waals surface area contributed by atoms with Crippen LogP contribution in [0.15, 0.2) is 29.9 Å². The third kappa shape index (κ3) is 2.72. The van der Waals surface area contributed by atoms with E-state index in [-0.39, 0.29) is 17.2 Å². The Morgan fingerprint density at radius 1 is 1.43 bits per heavy atom. The molecule has 0 atom stereocenters. The molecule has 23 heavy (non-hydrogen) atoms. The standard InChI is InChI=1S/C13H10F3N5OS/c1-17-12(22)10-11(19-6-18-10)21-9(13(14,15)16)5-7(20-21)8-3-2-4-23-8/h2-6H,1H3,(H,17,22)(H,18,19). The molecule has 0 fully saturated rings. The van der Waals surface area contributed by atoms with Crippen LogP contribution in [-0.2, 0) is 6.18 Å². The largest absolute Gasteiger partial charge is 0.433 e. The Hall–Kier alpha value is -2.62. The molecule has 1 amide bonds. The number of halogens is 3. The zero-order chi connectivity index (χ0) is 16.6. The van der Waals surface area contributed by atoms with E-state index < -0.39 is 17.8 Å². The number of nitrogens with one attached hydrogen (secondary N) is 2. The number of aromatic amines is 1. The number of nitrogens with zero attached hydrogens (tertiary/aromatic N) is 3. The van der Waals surface area contributed by atoms with E-state index in [0.717, 1.165) is 12.4 Å². The highest BCUT2D eigenvalue weighted by atomic mass is 32.1. The topological polar surface area (TPSA) is 75.6 Å². The van der Waals surface area contributed by atoms with Crippen LogP contribution in [0.3, 0.4) is 0 Å². The van der Waals surface area contributed by atoms with E-state index in [1.807, 2.05) is 0 Å². The minimum atomic E-state index is -4.64. The normalized spacial score (nSPS) is 11.7. The maximum Gasteiger partial charge on any atom is 0.433 e. The second-order valence-electron chi connectivity index (χ2n) is 4.48. The van der Waals surface area contributed by atoms with Crippen LogP contribution in [0.5, 0.6) is 0 Å². The van der Waals surface area contributed by atoms with E-state index in [2.05, 4.69) is 20.4 Å². The minimum Gasteiger partial charge on any atom is -0.354 e. The van der Waals surface area contributed by atoms with Crippen LogP contribution in [0.2, 0.25) is 0 Å². The summed E-state index contributed by atoms with van der Waals surface area (Å²) in [6, 6.07) is 4.33. The molecule has 0 radical (unpaired) electrons. The summed E-state index contributed by atoms with van der Waals surface area (Å²) < 4.78 is 40.6. The van der Waals surface area contributed by atoms with Crippen molar-refractivity contribution in [3.8, 4) is 16.4 Å². The van der Waals surface area contributed by atoms with Gasteiger partial charge in [0.05, 0.1) is 11.2 Å². The van der Waals surface area contributed by atoms with Gasteiger partial charge in [-0.15, -0.1) is 11.3 Å². The molecule has 0 unspecified atom stereocenters. The Balaban J connectivity index is 2.19. The zero-order valence-electron chi connectivity index (χ0n) is 11.7. The number of imidazole rings is 1. The molecule has 0 saturated heterocycles. The fourth-order valence-electron chi connectivity index (χ4n) is 2.03. The highest BCUT2D eigenvalue weighted by molar-refractivity contribution is 7.13. The molecule has 10 heteroatoms. The van der Waals surface area contributed by atoms with Crippen molar-refractivity contribution in [2.24, 2.45) is 0 Å². The van der Waals surface area contributed by atoms with Gasteiger partial charge in [0.15, 0.2) is 17.2 Å². The van der Waals surface area contributed by atoms with Crippen LogP contribution < -0.4 is 5.32 Å². The summed E-state index contributed by atoms with van der Waals surface area (Å²) in [5, 5.41) is 8.07. The van der Waals surface area contributed by atoms with Crippen LogP contribution >= 0.6 is 11.3 Å². The lowest BCUT2D eigenvalue weighted by Gasteiger charge is -2.09. The lowest BCUT2D eigenvalue weighted by molar-refractivity contribution is -0.142. The first kappa shape index (κ1) is 15.3. The lowest BCUT2D eigenvalue weighted by Crippen LogP contribution is -2.22. The second-order valence-corrected chi connectivity index (χ2v) is 5.43. The molecule has 3 heterocycles. The van der Waals surface area contributed by atoms with Crippen LogP contribution in [-0.4, -0.2) is 32.7 Å². The number of carbonyl (C=O) groups excluding carboxylic acids is 1. The molecule has 0 saturated carbocycles. The Bertz CT molecular complexity index is 834. The summed E-state index contributed by atoms with van der Waals surface area (Å²) in [6.45, 7) is 0. The molecule has 3 aromatic rings. The number of hydrogen-bond acceptors (Lipinski definition) is 4. The van der Waals surface area contributed by atoms with E-state index in [9.17, 15) is 18.0 Å². The Labute approximate surface area is 132 Å². The van der Waals surface area contributed by atoms with Crippen LogP contribution in [0.4, 0.5) is 13.2 Å². The Morgan fingerprint density at radius 3 is 2.83 bits per heavy atom. The summed E-state index contributed by atoms with van der Waals surface area (Å²) in [4.78, 5) is 18.7. The van der Waals surface area contributed by atoms with Gasteiger partial charge in [-0.2, -0.15) is 18.3 Å². The van der Waals surface area contributed by atoms with Gasteiger partial charge in [-0.3, -0.25) is 4.79 Å². The van der Waals surface area contributed by atoms with Crippen molar-refractivity contribution >= 4 is 17.2 Å². The molecule has 2 N–H and O–H groups in total. The third-order valence-electron chi connectivity index (χ3n) is 3.05. The van der Waals surface area contributed by atoms with Gasteiger partial charge in [0, 0.05) is 7.05 Å². The van der Waals surface area contributed by atoms with Gasteiger partial charge < -0.3 is 10.3 Å². The highest BCUT2D eigenvalue weighted by Crippen LogP contribution is 2.35. The molecular formula is C13H10F3N5OS. The fraction of sp³-hybridized carbons (Fsp3) is 0.154. The molecule has 3 aromatic heterocycles. The molecule has 0 aliphatic rings. The maximum absolute atomic E-state index is 13.3. The van der Waals surface area contributed by atoms with Crippen molar-refractivity contribution in [3.05, 3.63) is 41.3 Å². The van der Waals surface area contributed by atoms with E-state index >= 15 is 0 Å². The van der Waals surface area contributed by atoms with Gasteiger partial charge in [0.25, 0.3) is 5.91 Å². The molecule has 0 spiro atoms. The molecule has 0 aromatic carbocycles. The minimum absolute atomic E-state index is 0.0983. The molecule has 0 aliphatic carbocycles. The predicted octanol–water partition coefficient (Wildman–Crippen LogP) is 2.70. The van der Waals surface area contributed by atoms with E-state index in [0.29, 0.717) is 9.56 Å². The summed E-state index contributed by atoms with van der Waals surface area (Å²) in [7, 11) is 1.37. The first-order valence-corrected chi connectivity index (χ1v) is 7.26. The van der Waals surface area contributed by atoms with Crippen LogP contribution in [0.25, 0.3) is 16.4 Å². The Kier molecular flexibility index (Phi) is 3.68. The molecule has 0 aliphatic heterocycles. The summed E-state index contributed by atoms with van der Waals surface area (Å²) >= 11 is 1.27. The predicted molar refractivity (Wildman–Crippen MR) is 77.4 cm³/mol. The number of amides is 1. The number of rotatable bonds is 3. The van der Waals surface area contributed by atoms with Gasteiger partial charge in [-0.05, 0) is 17.5 Å². The number of hydrogen-bond donors (Lipinski definition) is 2. The first-order chi connectivity index (χ1) is 10.9. The SMILES string of the molecule is CNC(=O)c1[nH]cnc1-n1nc(-c2cccs2)cc1C(F)(F)F. The quantitative estimate of drug-likeness (QED) is 0.769. The van der Waals surface area contributed by atoms with Gasteiger partial charge in [0.1, 0.15) is 5.69 Å². The number of thiophene rings is 1. The van der Waals surface area contributed by atoms with Crippen molar-refractivity contribution in [1.29, 1.82) is 0 Å². The smallest absolute Gasteiger partial charge is 0.354 e. The number of H-pyrrole nitrogens is 1. The van der Waals surface area contributed by atoms with Crippen molar-refractivity contribution in [3.63, 3.8) is 0 Å². The average molecular weight is 341 g/mol. The zero-order valence-corrected chi connectivity index (χ0v) is 12.5. The molecule has 0 bridgehead atoms. The summed E-state index contributed by atoms with van der Waals surface area (Å²) in [5.41, 5.74) is -0.935. The highest BCUT2D eigenvalue weighted by Gasteiger charge is 2.38. The lowest BCUT2D eigenvalue weighted by atomic mass is 10.3. The van der Waals surface area contributed by atoms with E-state index in [1.54, 1.807) is 17.5 Å². The Morgan fingerprint density at radius 2 is 2.22 bits per heavy atom.